The van der Waals surface area contributed by atoms with Crippen molar-refractivity contribution in [1.29, 1.82) is 0 Å². The van der Waals surface area contributed by atoms with E-state index in [0.717, 1.165) is 6.42 Å². The smallest absolute Gasteiger partial charge is 0.325 e. The first kappa shape index (κ1) is 103. The van der Waals surface area contributed by atoms with Crippen molar-refractivity contribution in [2.24, 2.45) is 64.9 Å². The van der Waals surface area contributed by atoms with Crippen LogP contribution >= 0.6 is 9.39 Å². The molecule has 576 valence electrons. The van der Waals surface area contributed by atoms with Crippen LogP contribution in [0.4, 0.5) is 0 Å². The van der Waals surface area contributed by atoms with Crippen LogP contribution in [0.3, 0.4) is 0 Å². The van der Waals surface area contributed by atoms with Gasteiger partial charge in [-0.25, -0.2) is 0 Å². The number of carbonyl (C=O) groups is 4. The van der Waals surface area contributed by atoms with Crippen LogP contribution in [0, 0.1) is 73.0 Å². The third kappa shape index (κ3) is 42.3. The second-order valence-electron chi connectivity index (χ2n) is 29.4. The first-order valence-electron chi connectivity index (χ1n) is 39.6. The van der Waals surface area contributed by atoms with Crippen LogP contribution in [-0.2, 0) is 82.1 Å². The summed E-state index contributed by atoms with van der Waals surface area (Å²) < 4.78 is 0. The number of carbonyl (C=O) groups excluding carboxylic acids is 4. The van der Waals surface area contributed by atoms with E-state index in [9.17, 15) is 19.2 Å². The van der Waals surface area contributed by atoms with E-state index >= 15 is 0 Å². The van der Waals surface area contributed by atoms with Crippen LogP contribution in [0.1, 0.15) is 378 Å². The zero-order valence-corrected chi connectivity index (χ0v) is 71.2. The minimum Gasteiger partial charge on any atom is -0.368 e. The van der Waals surface area contributed by atoms with E-state index in [1.807, 2.05) is 0 Å². The number of aromatic nitrogens is 2. The third-order valence-electron chi connectivity index (χ3n) is 22.7. The summed E-state index contributed by atoms with van der Waals surface area (Å²) in [7, 11) is 5.34. The predicted molar refractivity (Wildman–Crippen MR) is 417 cm³/mol. The Kier molecular flexibility index (Phi) is 67.7. The maximum absolute atomic E-state index is 12.4. The molecule has 0 radical (unpaired) electrons. The molecule has 2 aromatic heterocycles. The zero-order chi connectivity index (χ0) is 73.0. The van der Waals surface area contributed by atoms with Gasteiger partial charge in [0.1, 0.15) is 0 Å². The maximum atomic E-state index is 12.4. The fraction of sp³-hybridized carbons (Fsp3) is 0.854. The molecule has 4 aliphatic rings. The van der Waals surface area contributed by atoms with Gasteiger partial charge in [0.25, 0.3) is 0 Å². The molecule has 9 unspecified atom stereocenters. The molecule has 6 rings (SSSR count). The molecule has 97 heavy (non-hydrogen) atoms. The molecular formula is C82H162Fe2N7O5P. The van der Waals surface area contributed by atoms with Crippen LogP contribution in [0.2, 0.25) is 0 Å². The number of H-pyrrole nitrogens is 2. The monoisotopic (exact) mass is 1470 g/mol. The Morgan fingerprint density at radius 3 is 0.959 bits per heavy atom. The van der Waals surface area contributed by atoms with E-state index in [0.29, 0.717) is 91.5 Å². The molecule has 15 heteroatoms. The van der Waals surface area contributed by atoms with Gasteiger partial charge in [0.2, 0.25) is 17.7 Å². The number of nitrogens with one attached hydrogen (secondary N) is 6. The molecule has 0 aromatic carbocycles. The number of aryl methyl sites for hydroxylation is 2. The summed E-state index contributed by atoms with van der Waals surface area (Å²) >= 11 is 0. The molecule has 12 nitrogen and oxygen atoms in total. The topological polar surface area (TPSA) is 183 Å². The number of hydrogen-bond acceptors (Lipinski definition) is 7. The maximum Gasteiger partial charge on any atom is 0.325 e. The summed E-state index contributed by atoms with van der Waals surface area (Å²) in [5.74, 6) is 6.68. The van der Waals surface area contributed by atoms with Gasteiger partial charge in [-0.15, -0.1) is 5.25 Å². The SMILES string of the molecule is CCC(C)C(C)C(C)(c1cc(CNC(=O)CC2CCCC2)c(C)[nH]1)C(C)CC.CCC(C)C(C)C(C)(c1cc(CNC(=O)CC2CCCC2)c(C)[nH]1)C(C)CC.CCCC.CCCC.CCCC.CCCC.CN.CNC(=O)CC1CCCC1.O=C(CC1CCCC1)ONP.[Fe].[Fe]. The summed E-state index contributed by atoms with van der Waals surface area (Å²) in [6, 6.07) is 4.66. The van der Waals surface area contributed by atoms with Crippen molar-refractivity contribution in [3.63, 3.8) is 0 Å². The molecule has 9 atom stereocenters. The number of unbranched alkanes of at least 4 members (excludes halogenated alkanes) is 4. The van der Waals surface area contributed by atoms with E-state index in [1.165, 1.54) is 221 Å². The van der Waals surface area contributed by atoms with Gasteiger partial charge >= 0.3 is 5.97 Å². The third-order valence-corrected chi connectivity index (χ3v) is 22.9. The van der Waals surface area contributed by atoms with Gasteiger partial charge in [-0.1, -0.05) is 267 Å². The van der Waals surface area contributed by atoms with Crippen LogP contribution < -0.4 is 26.9 Å². The van der Waals surface area contributed by atoms with Crippen molar-refractivity contribution in [2.45, 2.75) is 382 Å². The van der Waals surface area contributed by atoms with Crippen molar-refractivity contribution < 1.29 is 58.2 Å². The summed E-state index contributed by atoms with van der Waals surface area (Å²) in [6.07, 6.45) is 38.2. The zero-order valence-electron chi connectivity index (χ0n) is 67.9. The van der Waals surface area contributed by atoms with Gasteiger partial charge in [0, 0.05) is 107 Å². The van der Waals surface area contributed by atoms with E-state index in [4.69, 9.17) is 0 Å². The average molecular weight is 1470 g/mol. The fourth-order valence-corrected chi connectivity index (χ4v) is 13.6. The second kappa shape index (κ2) is 63.5. The predicted octanol–water partition coefficient (Wildman–Crippen LogP) is 22.5. The Morgan fingerprint density at radius 1 is 0.474 bits per heavy atom. The molecule has 3 amide bonds. The van der Waals surface area contributed by atoms with E-state index in [1.54, 1.807) is 7.05 Å². The van der Waals surface area contributed by atoms with Crippen LogP contribution in [0.25, 0.3) is 0 Å². The van der Waals surface area contributed by atoms with Gasteiger partial charge in [-0.3, -0.25) is 19.2 Å². The molecule has 0 saturated heterocycles. The van der Waals surface area contributed by atoms with E-state index < -0.39 is 0 Å². The molecule has 2 aromatic rings. The van der Waals surface area contributed by atoms with Crippen molar-refractivity contribution in [3.8, 4) is 0 Å². The van der Waals surface area contributed by atoms with Crippen molar-refractivity contribution in [1.82, 2.24) is 31.2 Å². The van der Waals surface area contributed by atoms with Crippen molar-refractivity contribution in [2.75, 3.05) is 14.1 Å². The van der Waals surface area contributed by atoms with E-state index in [-0.39, 0.29) is 68.7 Å². The van der Waals surface area contributed by atoms with Crippen molar-refractivity contribution in [3.05, 3.63) is 46.0 Å². The first-order chi connectivity index (χ1) is 45.3. The minimum absolute atomic E-state index is 0. The molecular weight excluding hydrogens is 1310 g/mol. The number of nitrogens with two attached hydrogens (primary N) is 1. The minimum atomic E-state index is -0.146. The van der Waals surface area contributed by atoms with Gasteiger partial charge < -0.3 is 36.5 Å². The summed E-state index contributed by atoms with van der Waals surface area (Å²) in [4.78, 5) is 58.5. The number of hydrogen-bond donors (Lipinski definition) is 7. The number of rotatable bonds is 29. The molecule has 4 saturated carbocycles. The molecule has 0 spiro atoms. The van der Waals surface area contributed by atoms with Crippen LogP contribution in [0.5, 0.6) is 0 Å². The molecule has 2 heterocycles. The van der Waals surface area contributed by atoms with Gasteiger partial charge in [0.15, 0.2) is 0 Å². The standard InChI is InChI=1S/2C25H44N2O.C8H15NO.C7H14NO2P.4C4H10.CH5N.2Fe/c2*1-8-17(3)19(5)25(7,18(4)9-2)23-15-22(20(6)27-23)16-26-24(28)14-21-12-10-11-13-21;1-9-8(10)6-7-4-2-3-5-7;9-7(10-8-11)5-6-3-1-2-4-6;4*1-3-4-2;1-2;;/h2*15,17-19,21,27H,8-14,16H2,1-7H3,(H,26,28);7H,2-6H2,1H3,(H,9,10);6,8H,1-5,11H2;4*3-4H2,1-2H3;2H2,1H3;;. The Hall–Kier alpha value is -2.17. The Labute approximate surface area is 625 Å². The van der Waals surface area contributed by atoms with Gasteiger partial charge in [-0.05, 0) is 164 Å². The summed E-state index contributed by atoms with van der Waals surface area (Å²) in [5, 5.41) is 11.3. The Morgan fingerprint density at radius 2 is 0.732 bits per heavy atom. The van der Waals surface area contributed by atoms with Crippen LogP contribution in [-0.4, -0.2) is 47.8 Å². The molecule has 4 aliphatic carbocycles. The molecule has 8 N–H and O–H groups in total. The quantitative estimate of drug-likeness (QED) is 0.0240. The number of amides is 3. The molecule has 0 aliphatic heterocycles. The van der Waals surface area contributed by atoms with Gasteiger partial charge in [-0.2, -0.15) is 0 Å². The van der Waals surface area contributed by atoms with E-state index in [2.05, 4.69) is 216 Å². The normalized spacial score (nSPS) is 17.3. The molecule has 0 bridgehead atoms. The summed E-state index contributed by atoms with van der Waals surface area (Å²) in [6.45, 7) is 51.4. The number of aromatic amines is 2. The second-order valence-corrected chi connectivity index (χ2v) is 29.7. The Bertz CT molecular complexity index is 2040. The Balaban J connectivity index is -0.000000375. The average Bonchev–Trinajstić information content (AvgIpc) is 1.70. The molecule has 4 fully saturated rings. The van der Waals surface area contributed by atoms with Crippen molar-refractivity contribution >= 4 is 33.1 Å². The van der Waals surface area contributed by atoms with Gasteiger partial charge in [0.05, 0.1) is 6.42 Å². The van der Waals surface area contributed by atoms with Crippen LogP contribution in [0.15, 0.2) is 12.1 Å². The largest absolute Gasteiger partial charge is 0.368 e. The first-order valence-corrected chi connectivity index (χ1v) is 40.2. The fourth-order valence-electron chi connectivity index (χ4n) is 13.4. The summed E-state index contributed by atoms with van der Waals surface area (Å²) in [5.41, 5.74) is 12.3.